The van der Waals surface area contributed by atoms with E-state index in [1.807, 2.05) is 38.1 Å². The lowest BCUT2D eigenvalue weighted by Crippen LogP contribution is -2.17. The second-order valence-electron chi connectivity index (χ2n) is 5.78. The Morgan fingerprint density at radius 1 is 0.857 bits per heavy atom. The van der Waals surface area contributed by atoms with Gasteiger partial charge in [-0.1, -0.05) is 64.5 Å². The van der Waals surface area contributed by atoms with E-state index in [0.717, 1.165) is 21.2 Å². The molecule has 0 radical (unpaired) electrons. The molecule has 0 aliphatic heterocycles. The fourth-order valence-corrected chi connectivity index (χ4v) is 3.59. The zero-order valence-electron chi connectivity index (χ0n) is 12.1. The van der Waals surface area contributed by atoms with Crippen molar-refractivity contribution in [2.75, 3.05) is 0 Å². The van der Waals surface area contributed by atoms with E-state index >= 15 is 0 Å². The van der Waals surface area contributed by atoms with Gasteiger partial charge in [0.25, 0.3) is 0 Å². The molecule has 0 bridgehead atoms. The van der Waals surface area contributed by atoms with E-state index in [2.05, 4.69) is 52.3 Å². The van der Waals surface area contributed by atoms with Crippen molar-refractivity contribution >= 4 is 26.7 Å². The highest BCUT2D eigenvalue weighted by molar-refractivity contribution is 9.10. The van der Waals surface area contributed by atoms with Crippen molar-refractivity contribution in [3.05, 3.63) is 70.7 Å². The van der Waals surface area contributed by atoms with Crippen LogP contribution in [0.25, 0.3) is 21.9 Å². The number of benzene rings is 3. The number of hydrogen-bond acceptors (Lipinski definition) is 1. The van der Waals surface area contributed by atoms with Crippen LogP contribution in [0.4, 0.5) is 0 Å². The molecule has 21 heavy (non-hydrogen) atoms. The minimum atomic E-state index is -0.902. The Morgan fingerprint density at radius 3 is 2.29 bits per heavy atom. The lowest BCUT2D eigenvalue weighted by molar-refractivity contribution is 0.0784. The van der Waals surface area contributed by atoms with Gasteiger partial charge >= 0.3 is 0 Å². The van der Waals surface area contributed by atoms with Crippen LogP contribution in [0.3, 0.4) is 0 Å². The molecule has 0 unspecified atom stereocenters. The maximum Gasteiger partial charge on any atom is 0.0857 e. The van der Waals surface area contributed by atoms with E-state index in [4.69, 9.17) is 0 Å². The average Bonchev–Trinajstić information content (AvgIpc) is 2.45. The van der Waals surface area contributed by atoms with Crippen molar-refractivity contribution < 1.29 is 5.11 Å². The lowest BCUT2D eigenvalue weighted by atomic mass is 9.89. The molecule has 1 N–H and O–H groups in total. The summed E-state index contributed by atoms with van der Waals surface area (Å²) >= 11 is 3.57. The van der Waals surface area contributed by atoms with Crippen molar-refractivity contribution in [3.63, 3.8) is 0 Å². The second-order valence-corrected chi connectivity index (χ2v) is 6.64. The highest BCUT2D eigenvalue weighted by Crippen LogP contribution is 2.37. The monoisotopic (exact) mass is 340 g/mol. The second kappa shape index (κ2) is 5.28. The SMILES string of the molecule is CC(C)(O)c1c(Br)cccc1-c1ccc2ccccc2c1. The van der Waals surface area contributed by atoms with Crippen LogP contribution in [0.1, 0.15) is 19.4 Å². The topological polar surface area (TPSA) is 20.2 Å². The number of rotatable bonds is 2. The zero-order valence-corrected chi connectivity index (χ0v) is 13.7. The first-order valence-corrected chi connectivity index (χ1v) is 7.76. The molecule has 2 heteroatoms. The van der Waals surface area contributed by atoms with E-state index in [-0.39, 0.29) is 0 Å². The summed E-state index contributed by atoms with van der Waals surface area (Å²) in [5.41, 5.74) is 2.19. The van der Waals surface area contributed by atoms with E-state index < -0.39 is 5.60 Å². The third-order valence-corrected chi connectivity index (χ3v) is 4.35. The molecule has 3 rings (SSSR count). The minimum Gasteiger partial charge on any atom is -0.386 e. The van der Waals surface area contributed by atoms with E-state index in [1.54, 1.807) is 0 Å². The molecule has 0 fully saturated rings. The molecule has 3 aromatic carbocycles. The van der Waals surface area contributed by atoms with Crippen molar-refractivity contribution in [1.82, 2.24) is 0 Å². The van der Waals surface area contributed by atoms with Gasteiger partial charge in [-0.25, -0.2) is 0 Å². The first kappa shape index (κ1) is 14.3. The predicted molar refractivity (Wildman–Crippen MR) is 92.3 cm³/mol. The average molecular weight is 341 g/mol. The summed E-state index contributed by atoms with van der Waals surface area (Å²) in [5, 5.41) is 12.9. The molecular weight excluding hydrogens is 324 g/mol. The van der Waals surface area contributed by atoms with Gasteiger partial charge in [0.15, 0.2) is 0 Å². The lowest BCUT2D eigenvalue weighted by Gasteiger charge is -2.23. The van der Waals surface area contributed by atoms with E-state index in [9.17, 15) is 5.11 Å². The Morgan fingerprint density at radius 2 is 1.57 bits per heavy atom. The molecule has 0 atom stereocenters. The summed E-state index contributed by atoms with van der Waals surface area (Å²) in [4.78, 5) is 0. The van der Waals surface area contributed by atoms with Gasteiger partial charge in [0.2, 0.25) is 0 Å². The maximum atomic E-state index is 10.5. The van der Waals surface area contributed by atoms with Gasteiger partial charge in [-0.05, 0) is 47.9 Å². The first-order valence-electron chi connectivity index (χ1n) is 6.97. The Hall–Kier alpha value is -1.64. The number of hydrogen-bond donors (Lipinski definition) is 1. The van der Waals surface area contributed by atoms with Crippen LogP contribution in [-0.2, 0) is 5.60 Å². The van der Waals surface area contributed by atoms with Crippen LogP contribution in [0.2, 0.25) is 0 Å². The molecule has 0 aromatic heterocycles. The highest BCUT2D eigenvalue weighted by atomic mass is 79.9. The predicted octanol–water partition coefficient (Wildman–Crippen LogP) is 5.50. The Kier molecular flexibility index (Phi) is 3.60. The van der Waals surface area contributed by atoms with Crippen molar-refractivity contribution in [2.45, 2.75) is 19.4 Å². The number of aliphatic hydroxyl groups is 1. The molecule has 0 amide bonds. The van der Waals surface area contributed by atoms with Crippen LogP contribution in [0.5, 0.6) is 0 Å². The summed E-state index contributed by atoms with van der Waals surface area (Å²) in [5.74, 6) is 0. The Balaban J connectivity index is 2.25. The van der Waals surface area contributed by atoms with Crippen LogP contribution in [0.15, 0.2) is 65.1 Å². The fraction of sp³-hybridized carbons (Fsp3) is 0.158. The maximum absolute atomic E-state index is 10.5. The van der Waals surface area contributed by atoms with Crippen molar-refractivity contribution in [3.8, 4) is 11.1 Å². The molecule has 0 aliphatic carbocycles. The summed E-state index contributed by atoms with van der Waals surface area (Å²) in [6, 6.07) is 20.8. The normalized spacial score (nSPS) is 11.8. The van der Waals surface area contributed by atoms with Crippen molar-refractivity contribution in [1.29, 1.82) is 0 Å². The van der Waals surface area contributed by atoms with E-state index in [1.165, 1.54) is 10.8 Å². The van der Waals surface area contributed by atoms with Gasteiger partial charge in [-0.3, -0.25) is 0 Å². The summed E-state index contributed by atoms with van der Waals surface area (Å²) in [6.45, 7) is 3.63. The Labute approximate surface area is 133 Å². The molecule has 1 nitrogen and oxygen atoms in total. The molecule has 3 aromatic rings. The molecule has 106 valence electrons. The summed E-state index contributed by atoms with van der Waals surface area (Å²) < 4.78 is 0.931. The molecule has 0 heterocycles. The molecule has 0 saturated carbocycles. The molecular formula is C19H17BrO. The first-order chi connectivity index (χ1) is 9.97. The molecule has 0 aliphatic rings. The third-order valence-electron chi connectivity index (χ3n) is 3.69. The zero-order chi connectivity index (χ0) is 15.0. The van der Waals surface area contributed by atoms with Gasteiger partial charge in [-0.2, -0.15) is 0 Å². The minimum absolute atomic E-state index is 0.902. The van der Waals surface area contributed by atoms with Gasteiger partial charge in [0.05, 0.1) is 5.60 Å². The standard InChI is InChI=1S/C19H17BrO/c1-19(2,21)18-16(8-5-9-17(18)20)15-11-10-13-6-3-4-7-14(13)12-15/h3-12,21H,1-2H3. The number of fused-ring (bicyclic) bond motifs is 1. The van der Waals surface area contributed by atoms with Crippen LogP contribution in [-0.4, -0.2) is 5.11 Å². The van der Waals surface area contributed by atoms with Crippen LogP contribution >= 0.6 is 15.9 Å². The quantitative estimate of drug-likeness (QED) is 0.653. The summed E-state index contributed by atoms with van der Waals surface area (Å²) in [7, 11) is 0. The smallest absolute Gasteiger partial charge is 0.0857 e. The van der Waals surface area contributed by atoms with Crippen molar-refractivity contribution in [2.24, 2.45) is 0 Å². The summed E-state index contributed by atoms with van der Waals surface area (Å²) in [6.07, 6.45) is 0. The van der Waals surface area contributed by atoms with Gasteiger partial charge in [0, 0.05) is 10.0 Å². The third kappa shape index (κ3) is 2.74. The Bertz CT molecular complexity index is 800. The molecule has 0 spiro atoms. The van der Waals surface area contributed by atoms with Gasteiger partial charge < -0.3 is 5.11 Å². The fourth-order valence-electron chi connectivity index (χ4n) is 2.74. The highest BCUT2D eigenvalue weighted by Gasteiger charge is 2.23. The van der Waals surface area contributed by atoms with Crippen LogP contribution < -0.4 is 0 Å². The van der Waals surface area contributed by atoms with Crippen LogP contribution in [0, 0.1) is 0 Å². The number of halogens is 1. The van der Waals surface area contributed by atoms with Gasteiger partial charge in [-0.15, -0.1) is 0 Å². The molecule has 0 saturated heterocycles. The van der Waals surface area contributed by atoms with Gasteiger partial charge in [0.1, 0.15) is 0 Å². The van der Waals surface area contributed by atoms with E-state index in [0.29, 0.717) is 0 Å². The largest absolute Gasteiger partial charge is 0.386 e.